The number of carbonyl (C=O) groups excluding carboxylic acids is 1. The minimum Gasteiger partial charge on any atom is -0.472 e. The quantitative estimate of drug-likeness (QED) is 0.214. The second-order valence-electron chi connectivity index (χ2n) is 11.2. The van der Waals surface area contributed by atoms with Gasteiger partial charge in [-0.05, 0) is 61.6 Å². The van der Waals surface area contributed by atoms with Crippen molar-refractivity contribution in [1.29, 1.82) is 0 Å². The largest absolute Gasteiger partial charge is 0.472 e. The molecule has 0 spiro atoms. The molecule has 1 atom stereocenters. The number of ether oxygens (including phenoxy) is 1. The fourth-order valence-corrected chi connectivity index (χ4v) is 5.60. The van der Waals surface area contributed by atoms with Gasteiger partial charge in [-0.3, -0.25) is 9.69 Å². The Balaban J connectivity index is 1.25. The third-order valence-corrected chi connectivity index (χ3v) is 7.95. The second kappa shape index (κ2) is 12.5. The number of alkyl halides is 3. The number of piperidine rings is 2. The van der Waals surface area contributed by atoms with Crippen LogP contribution in [0.25, 0.3) is 0 Å². The number of anilines is 2. The lowest BCUT2D eigenvalue weighted by Gasteiger charge is -2.33. The van der Waals surface area contributed by atoms with E-state index in [9.17, 15) is 18.0 Å². The van der Waals surface area contributed by atoms with Crippen molar-refractivity contribution in [3.63, 3.8) is 0 Å². The highest BCUT2D eigenvalue weighted by molar-refractivity contribution is 6.03. The van der Waals surface area contributed by atoms with Crippen LogP contribution in [0.3, 0.4) is 0 Å². The maximum Gasteiger partial charge on any atom is 0.416 e. The standard InChI is InChI=1S/C31H37F3N4O2/c1-22-6-5-15-37(20-22)21-40-29(27(31(32,33)34)18-23-9-10-23)30(39)36-26-11-12-28(35-19-26)38-16-13-25(14-17-38)24-7-3-2-4-8-24/h2-4,7-9,11-12,19,22,25H,5-6,10,13-18,20-21H2,1H3,(H,36,39). The summed E-state index contributed by atoms with van der Waals surface area (Å²) in [4.78, 5) is 21.9. The first-order valence-corrected chi connectivity index (χ1v) is 14.2. The monoisotopic (exact) mass is 554 g/mol. The van der Waals surface area contributed by atoms with Crippen molar-refractivity contribution in [3.05, 3.63) is 77.2 Å². The number of rotatable bonds is 9. The van der Waals surface area contributed by atoms with Gasteiger partial charge in [-0.2, -0.15) is 13.2 Å². The average molecular weight is 555 g/mol. The van der Waals surface area contributed by atoms with Crippen molar-refractivity contribution < 1.29 is 22.7 Å². The number of halogens is 3. The normalized spacial score (nSPS) is 20.9. The van der Waals surface area contributed by atoms with E-state index in [0.717, 1.165) is 57.7 Å². The summed E-state index contributed by atoms with van der Waals surface area (Å²) in [5.41, 5.74) is 1.40. The van der Waals surface area contributed by atoms with Gasteiger partial charge in [-0.1, -0.05) is 48.9 Å². The molecule has 3 aliphatic rings. The molecule has 5 rings (SSSR count). The Morgan fingerprint density at radius 3 is 2.45 bits per heavy atom. The highest BCUT2D eigenvalue weighted by atomic mass is 19.4. The zero-order valence-electron chi connectivity index (χ0n) is 22.9. The van der Waals surface area contributed by atoms with E-state index in [1.54, 1.807) is 18.2 Å². The summed E-state index contributed by atoms with van der Waals surface area (Å²) in [6.45, 7) is 5.24. The maximum absolute atomic E-state index is 14.1. The number of aromatic nitrogens is 1. The van der Waals surface area contributed by atoms with E-state index in [1.807, 2.05) is 11.0 Å². The van der Waals surface area contributed by atoms with E-state index >= 15 is 0 Å². The van der Waals surface area contributed by atoms with Crippen LogP contribution in [0, 0.1) is 5.92 Å². The van der Waals surface area contributed by atoms with Crippen LogP contribution in [0.5, 0.6) is 0 Å². The summed E-state index contributed by atoms with van der Waals surface area (Å²) in [7, 11) is 0. The molecule has 1 aromatic heterocycles. The summed E-state index contributed by atoms with van der Waals surface area (Å²) in [5.74, 6) is 0.171. The predicted molar refractivity (Wildman–Crippen MR) is 150 cm³/mol. The van der Waals surface area contributed by atoms with Crippen LogP contribution in [-0.2, 0) is 9.53 Å². The van der Waals surface area contributed by atoms with Gasteiger partial charge in [0.25, 0.3) is 5.91 Å². The lowest BCUT2D eigenvalue weighted by Crippen LogP contribution is -2.37. The van der Waals surface area contributed by atoms with Crippen molar-refractivity contribution >= 4 is 17.4 Å². The molecule has 2 aromatic rings. The Kier molecular flexibility index (Phi) is 8.78. The van der Waals surface area contributed by atoms with Gasteiger partial charge in [0, 0.05) is 32.6 Å². The van der Waals surface area contributed by atoms with Gasteiger partial charge in [-0.15, -0.1) is 0 Å². The number of likely N-dealkylation sites (tertiary alicyclic amines) is 1. The summed E-state index contributed by atoms with van der Waals surface area (Å²) < 4.78 is 48.0. The predicted octanol–water partition coefficient (Wildman–Crippen LogP) is 6.65. The topological polar surface area (TPSA) is 57.7 Å². The van der Waals surface area contributed by atoms with Crippen LogP contribution >= 0.6 is 0 Å². The Morgan fingerprint density at radius 1 is 1.07 bits per heavy atom. The lowest BCUT2D eigenvalue weighted by molar-refractivity contribution is -0.121. The van der Waals surface area contributed by atoms with Crippen LogP contribution in [-0.4, -0.2) is 54.9 Å². The van der Waals surface area contributed by atoms with Gasteiger partial charge in [0.15, 0.2) is 5.76 Å². The van der Waals surface area contributed by atoms with Crippen LogP contribution in [0.15, 0.2) is 71.6 Å². The zero-order valence-corrected chi connectivity index (χ0v) is 22.9. The number of benzene rings is 1. The Labute approximate surface area is 233 Å². The zero-order chi connectivity index (χ0) is 28.1. The molecular weight excluding hydrogens is 517 g/mol. The minimum absolute atomic E-state index is 0.0537. The summed E-state index contributed by atoms with van der Waals surface area (Å²) in [6, 6.07) is 14.0. The first-order valence-electron chi connectivity index (χ1n) is 14.2. The Bertz CT molecular complexity index is 1220. The molecule has 0 saturated carbocycles. The van der Waals surface area contributed by atoms with E-state index in [2.05, 4.69) is 46.4 Å². The van der Waals surface area contributed by atoms with E-state index in [0.29, 0.717) is 29.5 Å². The van der Waals surface area contributed by atoms with E-state index in [-0.39, 0.29) is 13.2 Å². The SMILES string of the molecule is CC1CCCN(COC(C(=O)Nc2ccc(N3CCC(c4ccccc4)CC3)nc2)=C(CC2=CC2)C(F)(F)F)C1. The van der Waals surface area contributed by atoms with Crippen molar-refractivity contribution in [2.24, 2.45) is 5.92 Å². The first kappa shape index (κ1) is 28.2. The van der Waals surface area contributed by atoms with Gasteiger partial charge in [0.05, 0.1) is 17.5 Å². The third kappa shape index (κ3) is 7.44. The molecular formula is C31H37F3N4O2. The number of carbonyl (C=O) groups is 1. The molecule has 2 aliphatic heterocycles. The van der Waals surface area contributed by atoms with Crippen LogP contribution in [0.1, 0.15) is 56.9 Å². The first-order chi connectivity index (χ1) is 19.3. The number of pyridine rings is 1. The number of amides is 1. The maximum atomic E-state index is 14.1. The molecule has 0 radical (unpaired) electrons. The van der Waals surface area contributed by atoms with Gasteiger partial charge in [0.2, 0.25) is 0 Å². The number of allylic oxidation sites excluding steroid dienone is 3. The number of nitrogens with one attached hydrogen (secondary N) is 1. The van der Waals surface area contributed by atoms with Gasteiger partial charge >= 0.3 is 6.18 Å². The van der Waals surface area contributed by atoms with Gasteiger partial charge < -0.3 is 15.0 Å². The fraction of sp³-hybridized carbons (Fsp3) is 0.484. The second-order valence-corrected chi connectivity index (χ2v) is 11.2. The molecule has 1 aromatic carbocycles. The smallest absolute Gasteiger partial charge is 0.416 e. The highest BCUT2D eigenvalue weighted by Crippen LogP contribution is 2.38. The Hall–Kier alpha value is -3.33. The molecule has 1 unspecified atom stereocenters. The van der Waals surface area contributed by atoms with Gasteiger partial charge in [-0.25, -0.2) is 4.98 Å². The molecule has 2 fully saturated rings. The highest BCUT2D eigenvalue weighted by Gasteiger charge is 2.40. The van der Waals surface area contributed by atoms with Crippen molar-refractivity contribution in [2.45, 2.75) is 57.5 Å². The molecule has 0 bridgehead atoms. The fourth-order valence-electron chi connectivity index (χ4n) is 5.60. The van der Waals surface area contributed by atoms with Crippen LogP contribution in [0.4, 0.5) is 24.7 Å². The van der Waals surface area contributed by atoms with Crippen LogP contribution < -0.4 is 10.2 Å². The molecule has 214 valence electrons. The number of hydrogen-bond acceptors (Lipinski definition) is 5. The molecule has 40 heavy (non-hydrogen) atoms. The van der Waals surface area contributed by atoms with Crippen molar-refractivity contribution in [1.82, 2.24) is 9.88 Å². The van der Waals surface area contributed by atoms with E-state index < -0.39 is 23.4 Å². The molecule has 1 N–H and O–H groups in total. The number of nitrogens with zero attached hydrogens (tertiary/aromatic N) is 3. The Morgan fingerprint density at radius 2 is 1.82 bits per heavy atom. The summed E-state index contributed by atoms with van der Waals surface area (Å²) in [6.07, 6.45) is 2.82. The average Bonchev–Trinajstić information content (AvgIpc) is 3.77. The minimum atomic E-state index is -4.68. The molecule has 3 heterocycles. The third-order valence-electron chi connectivity index (χ3n) is 7.95. The summed E-state index contributed by atoms with van der Waals surface area (Å²) in [5, 5.41) is 2.60. The lowest BCUT2D eigenvalue weighted by atomic mass is 9.89. The molecule has 2 saturated heterocycles. The van der Waals surface area contributed by atoms with Crippen molar-refractivity contribution in [2.75, 3.05) is 43.1 Å². The molecule has 1 amide bonds. The van der Waals surface area contributed by atoms with Crippen LogP contribution in [0.2, 0.25) is 0 Å². The van der Waals surface area contributed by atoms with E-state index in [4.69, 9.17) is 4.74 Å². The molecule has 6 nitrogen and oxygen atoms in total. The van der Waals surface area contributed by atoms with Gasteiger partial charge in [0.1, 0.15) is 12.5 Å². The molecule has 9 heteroatoms. The van der Waals surface area contributed by atoms with Crippen molar-refractivity contribution in [3.8, 4) is 0 Å². The summed E-state index contributed by atoms with van der Waals surface area (Å²) >= 11 is 0. The number of hydrogen-bond donors (Lipinski definition) is 1. The van der Waals surface area contributed by atoms with E-state index in [1.165, 1.54) is 11.8 Å². The molecule has 1 aliphatic carbocycles.